The van der Waals surface area contributed by atoms with E-state index in [0.29, 0.717) is 5.69 Å². The third-order valence-electron chi connectivity index (χ3n) is 2.28. The molecule has 1 rings (SSSR count). The monoisotopic (exact) mass is 239 g/mol. The summed E-state index contributed by atoms with van der Waals surface area (Å²) in [6.07, 6.45) is 0. The minimum atomic E-state index is -0.360. The van der Waals surface area contributed by atoms with Crippen LogP contribution in [0.4, 0.5) is 0 Å². The molecule has 1 aromatic rings. The molecule has 1 heterocycles. The second-order valence-electron chi connectivity index (χ2n) is 4.18. The van der Waals surface area contributed by atoms with Gasteiger partial charge in [0.05, 0.1) is 5.69 Å². The maximum Gasteiger partial charge on any atom is 0.272 e. The molecule has 0 saturated heterocycles. The molecule has 0 amide bonds. The lowest BCUT2D eigenvalue weighted by Gasteiger charge is -2.15. The highest BCUT2D eigenvalue weighted by atomic mass is 35.5. The molecule has 0 fully saturated rings. The van der Waals surface area contributed by atoms with Gasteiger partial charge in [0.2, 0.25) is 5.28 Å². The Morgan fingerprint density at radius 2 is 1.94 bits per heavy atom. The number of rotatable bonds is 2. The highest BCUT2D eigenvalue weighted by molar-refractivity contribution is 6.28. The first kappa shape index (κ1) is 12.7. The van der Waals surface area contributed by atoms with E-state index in [4.69, 9.17) is 16.9 Å². The summed E-state index contributed by atoms with van der Waals surface area (Å²) in [5.74, 6) is 0.00154. The molecule has 5 heteroatoms. The van der Waals surface area contributed by atoms with Crippen LogP contribution >= 0.6 is 11.6 Å². The topological polar surface area (TPSA) is 58.7 Å². The molecular formula is C11H14ClN3O. The van der Waals surface area contributed by atoms with Crippen molar-refractivity contribution in [2.75, 3.05) is 0 Å². The molecule has 0 aliphatic heterocycles. The Bertz CT molecular complexity index is 497. The van der Waals surface area contributed by atoms with Crippen molar-refractivity contribution in [2.24, 2.45) is 0 Å². The first-order chi connectivity index (χ1) is 7.40. The summed E-state index contributed by atoms with van der Waals surface area (Å²) in [6.45, 7) is 7.40. The van der Waals surface area contributed by atoms with Gasteiger partial charge >= 0.3 is 0 Å². The van der Waals surface area contributed by atoms with Crippen LogP contribution in [-0.4, -0.2) is 9.55 Å². The van der Waals surface area contributed by atoms with Crippen molar-refractivity contribution in [3.05, 3.63) is 26.9 Å². The molecule has 0 N–H and O–H groups in total. The third kappa shape index (κ3) is 2.10. The van der Waals surface area contributed by atoms with Gasteiger partial charge in [0.15, 0.2) is 0 Å². The first-order valence-corrected chi connectivity index (χ1v) is 5.50. The minimum absolute atomic E-state index is 0.00154. The van der Waals surface area contributed by atoms with Crippen LogP contribution in [0.3, 0.4) is 0 Å². The van der Waals surface area contributed by atoms with Crippen molar-refractivity contribution in [3.8, 4) is 6.07 Å². The van der Waals surface area contributed by atoms with Gasteiger partial charge in [0.1, 0.15) is 11.6 Å². The Balaban J connectivity index is 3.65. The largest absolute Gasteiger partial charge is 0.280 e. The molecule has 0 aliphatic rings. The maximum atomic E-state index is 12.0. The van der Waals surface area contributed by atoms with Gasteiger partial charge in [0.25, 0.3) is 5.56 Å². The minimum Gasteiger partial charge on any atom is -0.280 e. The quantitative estimate of drug-likeness (QED) is 0.745. The zero-order chi connectivity index (χ0) is 12.5. The fraction of sp³-hybridized carbons (Fsp3) is 0.545. The molecular weight excluding hydrogens is 226 g/mol. The fourth-order valence-electron chi connectivity index (χ4n) is 1.49. The van der Waals surface area contributed by atoms with Crippen LogP contribution < -0.4 is 5.56 Å². The van der Waals surface area contributed by atoms with Gasteiger partial charge < -0.3 is 0 Å². The predicted molar refractivity (Wildman–Crippen MR) is 62.7 cm³/mol. The average molecular weight is 240 g/mol. The van der Waals surface area contributed by atoms with E-state index in [-0.39, 0.29) is 28.4 Å². The van der Waals surface area contributed by atoms with Gasteiger partial charge in [-0.2, -0.15) is 5.26 Å². The summed E-state index contributed by atoms with van der Waals surface area (Å²) in [5.41, 5.74) is 0.198. The Morgan fingerprint density at radius 1 is 1.38 bits per heavy atom. The van der Waals surface area contributed by atoms with E-state index in [9.17, 15) is 4.79 Å². The lowest BCUT2D eigenvalue weighted by atomic mass is 10.1. The SMILES string of the molecule is CC(C)c1nc(Cl)n(C(C)C)c(=O)c1C#N. The van der Waals surface area contributed by atoms with Crippen molar-refractivity contribution in [1.82, 2.24) is 9.55 Å². The fourth-order valence-corrected chi connectivity index (χ4v) is 1.86. The third-order valence-corrected chi connectivity index (χ3v) is 2.54. The zero-order valence-electron chi connectivity index (χ0n) is 9.78. The molecule has 0 saturated carbocycles. The van der Waals surface area contributed by atoms with Crippen molar-refractivity contribution in [1.29, 1.82) is 5.26 Å². The van der Waals surface area contributed by atoms with Gasteiger partial charge in [0, 0.05) is 6.04 Å². The van der Waals surface area contributed by atoms with E-state index in [2.05, 4.69) is 4.98 Å². The summed E-state index contributed by atoms with van der Waals surface area (Å²) in [4.78, 5) is 16.1. The van der Waals surface area contributed by atoms with E-state index in [0.717, 1.165) is 0 Å². The van der Waals surface area contributed by atoms with E-state index in [1.807, 2.05) is 33.8 Å². The highest BCUT2D eigenvalue weighted by Gasteiger charge is 2.18. The lowest BCUT2D eigenvalue weighted by molar-refractivity contribution is 0.560. The number of hydrogen-bond acceptors (Lipinski definition) is 3. The Labute approximate surface area is 99.5 Å². The van der Waals surface area contributed by atoms with E-state index in [1.54, 1.807) is 0 Å². The second kappa shape index (κ2) is 4.67. The predicted octanol–water partition coefficient (Wildman–Crippen LogP) is 2.47. The summed E-state index contributed by atoms with van der Waals surface area (Å²) < 4.78 is 1.33. The Kier molecular flexibility index (Phi) is 3.71. The molecule has 0 unspecified atom stereocenters. The lowest BCUT2D eigenvalue weighted by Crippen LogP contribution is -2.28. The molecule has 0 atom stereocenters. The van der Waals surface area contributed by atoms with Gasteiger partial charge in [-0.3, -0.25) is 9.36 Å². The van der Waals surface area contributed by atoms with E-state index in [1.165, 1.54) is 4.57 Å². The summed E-state index contributed by atoms with van der Waals surface area (Å²) >= 11 is 5.95. The highest BCUT2D eigenvalue weighted by Crippen LogP contribution is 2.18. The van der Waals surface area contributed by atoms with Crippen molar-refractivity contribution >= 4 is 11.6 Å². The zero-order valence-corrected chi connectivity index (χ0v) is 10.5. The summed E-state index contributed by atoms with van der Waals surface area (Å²) in [5, 5.41) is 9.14. The van der Waals surface area contributed by atoms with Crippen LogP contribution in [0.25, 0.3) is 0 Å². The Morgan fingerprint density at radius 3 is 2.31 bits per heavy atom. The summed E-state index contributed by atoms with van der Waals surface area (Å²) in [7, 11) is 0. The standard InChI is InChI=1S/C11H14ClN3O/c1-6(2)9-8(5-13)10(16)15(7(3)4)11(12)14-9/h6-7H,1-4H3. The normalized spacial score (nSPS) is 10.9. The molecule has 0 bridgehead atoms. The van der Waals surface area contributed by atoms with Crippen LogP contribution in [0.2, 0.25) is 5.28 Å². The summed E-state index contributed by atoms with van der Waals surface area (Å²) in [6, 6.07) is 1.80. The number of halogens is 1. The van der Waals surface area contributed by atoms with Crippen LogP contribution in [0.1, 0.15) is 50.9 Å². The molecule has 0 aliphatic carbocycles. The van der Waals surface area contributed by atoms with Crippen LogP contribution in [0, 0.1) is 11.3 Å². The molecule has 16 heavy (non-hydrogen) atoms. The van der Waals surface area contributed by atoms with Crippen LogP contribution in [0.5, 0.6) is 0 Å². The number of nitriles is 1. The average Bonchev–Trinajstić information content (AvgIpc) is 2.16. The van der Waals surface area contributed by atoms with Gasteiger partial charge in [-0.15, -0.1) is 0 Å². The van der Waals surface area contributed by atoms with Gasteiger partial charge in [-0.05, 0) is 31.4 Å². The van der Waals surface area contributed by atoms with Gasteiger partial charge in [-0.25, -0.2) is 4.98 Å². The second-order valence-corrected chi connectivity index (χ2v) is 4.51. The maximum absolute atomic E-state index is 12.0. The number of nitrogens with zero attached hydrogens (tertiary/aromatic N) is 3. The molecule has 0 aromatic carbocycles. The number of hydrogen-bond donors (Lipinski definition) is 0. The van der Waals surface area contributed by atoms with E-state index >= 15 is 0 Å². The molecule has 0 radical (unpaired) electrons. The molecule has 4 nitrogen and oxygen atoms in total. The van der Waals surface area contributed by atoms with Gasteiger partial charge in [-0.1, -0.05) is 13.8 Å². The molecule has 0 spiro atoms. The molecule has 1 aromatic heterocycles. The first-order valence-electron chi connectivity index (χ1n) is 5.12. The van der Waals surface area contributed by atoms with Crippen molar-refractivity contribution in [2.45, 2.75) is 39.7 Å². The van der Waals surface area contributed by atoms with Crippen LogP contribution in [0.15, 0.2) is 4.79 Å². The van der Waals surface area contributed by atoms with Crippen LogP contribution in [-0.2, 0) is 0 Å². The Hall–Kier alpha value is -1.34. The van der Waals surface area contributed by atoms with Crippen molar-refractivity contribution < 1.29 is 0 Å². The van der Waals surface area contributed by atoms with Crippen molar-refractivity contribution in [3.63, 3.8) is 0 Å². The number of aromatic nitrogens is 2. The molecule has 86 valence electrons. The smallest absolute Gasteiger partial charge is 0.272 e. The van der Waals surface area contributed by atoms with E-state index < -0.39 is 0 Å².